The van der Waals surface area contributed by atoms with Gasteiger partial charge in [0, 0.05) is 14.1 Å². The van der Waals surface area contributed by atoms with Gasteiger partial charge < -0.3 is 15.4 Å². The van der Waals surface area contributed by atoms with Crippen molar-refractivity contribution in [2.24, 2.45) is 11.3 Å². The van der Waals surface area contributed by atoms with Crippen molar-refractivity contribution in [2.75, 3.05) is 24.7 Å². The van der Waals surface area contributed by atoms with Crippen LogP contribution in [0.5, 0.6) is 6.01 Å². The van der Waals surface area contributed by atoms with Crippen LogP contribution >= 0.6 is 0 Å². The van der Waals surface area contributed by atoms with Crippen LogP contribution in [0.3, 0.4) is 0 Å². The number of nitrogens with two attached hydrogens (primary N) is 1. The van der Waals surface area contributed by atoms with E-state index in [0.29, 0.717) is 23.3 Å². The van der Waals surface area contributed by atoms with Crippen molar-refractivity contribution in [3.8, 4) is 6.01 Å². The van der Waals surface area contributed by atoms with Gasteiger partial charge in [-0.3, -0.25) is 0 Å². The van der Waals surface area contributed by atoms with E-state index in [9.17, 15) is 0 Å². The minimum atomic E-state index is 0.144. The van der Waals surface area contributed by atoms with E-state index in [0.717, 1.165) is 12.8 Å². The van der Waals surface area contributed by atoms with Gasteiger partial charge in [0.05, 0.1) is 0 Å². The van der Waals surface area contributed by atoms with Gasteiger partial charge in [0.1, 0.15) is 6.10 Å². The van der Waals surface area contributed by atoms with Crippen molar-refractivity contribution >= 4 is 11.9 Å². The zero-order chi connectivity index (χ0) is 14.9. The Hall–Kier alpha value is -1.59. The molecule has 6 heteroatoms. The van der Waals surface area contributed by atoms with Crippen LogP contribution in [-0.2, 0) is 0 Å². The van der Waals surface area contributed by atoms with Crippen LogP contribution in [0, 0.1) is 11.3 Å². The predicted molar refractivity (Wildman–Crippen MR) is 79.8 cm³/mol. The van der Waals surface area contributed by atoms with E-state index in [4.69, 9.17) is 10.5 Å². The molecule has 0 bridgehead atoms. The third kappa shape index (κ3) is 3.71. The molecule has 6 nitrogen and oxygen atoms in total. The van der Waals surface area contributed by atoms with Crippen molar-refractivity contribution in [1.29, 1.82) is 0 Å². The third-order valence-electron chi connectivity index (χ3n) is 3.64. The number of anilines is 2. The molecule has 0 saturated heterocycles. The fraction of sp³-hybridized carbons (Fsp3) is 0.786. The highest BCUT2D eigenvalue weighted by molar-refractivity contribution is 5.33. The fourth-order valence-corrected chi connectivity index (χ4v) is 3.11. The number of nitrogens with zero attached hydrogens (tertiary/aromatic N) is 4. The second-order valence-corrected chi connectivity index (χ2v) is 6.82. The highest BCUT2D eigenvalue weighted by Crippen LogP contribution is 2.39. The Balaban J connectivity index is 2.13. The molecule has 1 saturated carbocycles. The lowest BCUT2D eigenvalue weighted by molar-refractivity contribution is 0.0500. The smallest absolute Gasteiger partial charge is 0.323 e. The second kappa shape index (κ2) is 5.42. The van der Waals surface area contributed by atoms with E-state index in [2.05, 4.69) is 35.7 Å². The van der Waals surface area contributed by atoms with Gasteiger partial charge in [0.2, 0.25) is 11.9 Å². The van der Waals surface area contributed by atoms with Crippen molar-refractivity contribution < 1.29 is 4.74 Å². The largest absolute Gasteiger partial charge is 0.460 e. The third-order valence-corrected chi connectivity index (χ3v) is 3.64. The fourth-order valence-electron chi connectivity index (χ4n) is 3.11. The molecular formula is C14H25N5O. The summed E-state index contributed by atoms with van der Waals surface area (Å²) < 4.78 is 5.96. The van der Waals surface area contributed by atoms with Crippen molar-refractivity contribution in [3.63, 3.8) is 0 Å². The Kier molecular flexibility index (Phi) is 4.01. The lowest BCUT2D eigenvalue weighted by atomic mass is 9.71. The highest BCUT2D eigenvalue weighted by atomic mass is 16.5. The summed E-state index contributed by atoms with van der Waals surface area (Å²) in [6.07, 6.45) is 3.42. The molecule has 2 atom stereocenters. The summed E-state index contributed by atoms with van der Waals surface area (Å²) in [6, 6.07) is 0.330. The Morgan fingerprint density at radius 3 is 2.50 bits per heavy atom. The van der Waals surface area contributed by atoms with Gasteiger partial charge in [-0.15, -0.1) is 0 Å². The molecule has 1 aliphatic rings. The lowest BCUT2D eigenvalue weighted by Gasteiger charge is -2.38. The zero-order valence-electron chi connectivity index (χ0n) is 13.1. The van der Waals surface area contributed by atoms with Gasteiger partial charge in [-0.05, 0) is 30.6 Å². The Morgan fingerprint density at radius 1 is 1.20 bits per heavy atom. The van der Waals surface area contributed by atoms with Gasteiger partial charge in [-0.25, -0.2) is 0 Å². The summed E-state index contributed by atoms with van der Waals surface area (Å²) >= 11 is 0. The summed E-state index contributed by atoms with van der Waals surface area (Å²) in [5.41, 5.74) is 6.01. The molecule has 1 fully saturated rings. The van der Waals surface area contributed by atoms with E-state index in [1.54, 1.807) is 4.90 Å². The zero-order valence-corrected chi connectivity index (χ0v) is 13.1. The summed E-state index contributed by atoms with van der Waals surface area (Å²) in [5.74, 6) is 1.37. The first kappa shape index (κ1) is 14.8. The summed E-state index contributed by atoms with van der Waals surface area (Å²) in [6.45, 7) is 6.84. The van der Waals surface area contributed by atoms with E-state index >= 15 is 0 Å². The van der Waals surface area contributed by atoms with Crippen molar-refractivity contribution in [3.05, 3.63) is 0 Å². The molecule has 2 rings (SSSR count). The van der Waals surface area contributed by atoms with Gasteiger partial charge in [0.25, 0.3) is 0 Å². The molecule has 0 spiro atoms. The SMILES string of the molecule is CC1CC(Oc2nc(N)nc(N(C)C)n2)CC(C)(C)C1. The van der Waals surface area contributed by atoms with E-state index in [1.807, 2.05) is 14.1 Å². The molecule has 0 aromatic carbocycles. The number of rotatable bonds is 3. The molecule has 112 valence electrons. The predicted octanol–water partition coefficient (Wildman–Crippen LogP) is 2.11. The van der Waals surface area contributed by atoms with Crippen LogP contribution in [0.2, 0.25) is 0 Å². The van der Waals surface area contributed by atoms with Gasteiger partial charge >= 0.3 is 6.01 Å². The standard InChI is InChI=1S/C14H25N5O/c1-9-6-10(8-14(2,3)7-9)20-13-17-11(15)16-12(18-13)19(4)5/h9-10H,6-8H2,1-5H3,(H2,15,16,17,18). The average molecular weight is 279 g/mol. The van der Waals surface area contributed by atoms with Crippen molar-refractivity contribution in [2.45, 2.75) is 46.1 Å². The molecule has 1 heterocycles. The molecule has 0 amide bonds. The van der Waals surface area contributed by atoms with Crippen LogP contribution in [0.1, 0.15) is 40.0 Å². The number of nitrogen functional groups attached to an aromatic ring is 1. The van der Waals surface area contributed by atoms with Crippen molar-refractivity contribution in [1.82, 2.24) is 15.0 Å². The molecule has 1 aromatic rings. The molecule has 20 heavy (non-hydrogen) atoms. The monoisotopic (exact) mass is 279 g/mol. The molecule has 0 radical (unpaired) electrons. The number of hydrogen-bond acceptors (Lipinski definition) is 6. The average Bonchev–Trinajstić information content (AvgIpc) is 2.24. The van der Waals surface area contributed by atoms with E-state index in [-0.39, 0.29) is 12.1 Å². The summed E-state index contributed by atoms with van der Waals surface area (Å²) in [7, 11) is 3.73. The summed E-state index contributed by atoms with van der Waals surface area (Å²) in [4.78, 5) is 14.3. The van der Waals surface area contributed by atoms with Gasteiger partial charge in [-0.1, -0.05) is 20.8 Å². The minimum Gasteiger partial charge on any atom is -0.460 e. The van der Waals surface area contributed by atoms with Crippen LogP contribution in [-0.4, -0.2) is 35.2 Å². The van der Waals surface area contributed by atoms with Crippen LogP contribution < -0.4 is 15.4 Å². The Labute approximate surface area is 120 Å². The molecule has 2 N–H and O–H groups in total. The number of ether oxygens (including phenoxy) is 1. The highest BCUT2D eigenvalue weighted by Gasteiger charge is 2.33. The van der Waals surface area contributed by atoms with E-state index < -0.39 is 0 Å². The van der Waals surface area contributed by atoms with Crippen LogP contribution in [0.4, 0.5) is 11.9 Å². The molecular weight excluding hydrogens is 254 g/mol. The first-order valence-electron chi connectivity index (χ1n) is 7.11. The van der Waals surface area contributed by atoms with Crippen LogP contribution in [0.25, 0.3) is 0 Å². The number of aromatic nitrogens is 3. The molecule has 2 unspecified atom stereocenters. The molecule has 1 aromatic heterocycles. The maximum Gasteiger partial charge on any atom is 0.323 e. The molecule has 0 aliphatic heterocycles. The topological polar surface area (TPSA) is 77.2 Å². The summed E-state index contributed by atoms with van der Waals surface area (Å²) in [5, 5.41) is 0. The Bertz CT molecular complexity index is 475. The van der Waals surface area contributed by atoms with Crippen LogP contribution in [0.15, 0.2) is 0 Å². The first-order valence-corrected chi connectivity index (χ1v) is 7.11. The minimum absolute atomic E-state index is 0.144. The maximum atomic E-state index is 5.96. The number of hydrogen-bond donors (Lipinski definition) is 1. The van der Waals surface area contributed by atoms with E-state index in [1.165, 1.54) is 6.42 Å². The second-order valence-electron chi connectivity index (χ2n) is 6.82. The molecule has 1 aliphatic carbocycles. The lowest BCUT2D eigenvalue weighted by Crippen LogP contribution is -2.34. The quantitative estimate of drug-likeness (QED) is 0.913. The van der Waals surface area contributed by atoms with Gasteiger partial charge in [0.15, 0.2) is 0 Å². The van der Waals surface area contributed by atoms with Gasteiger partial charge in [-0.2, -0.15) is 15.0 Å². The first-order chi connectivity index (χ1) is 9.25. The maximum absolute atomic E-state index is 5.96. The normalized spacial score (nSPS) is 25.2. The Morgan fingerprint density at radius 2 is 1.90 bits per heavy atom.